The average Bonchev–Trinajstić information content (AvgIpc) is 3.14. The monoisotopic (exact) mass is 328 g/mol. The van der Waals surface area contributed by atoms with E-state index in [0.29, 0.717) is 5.95 Å². The maximum atomic E-state index is 5.59. The Labute approximate surface area is 142 Å². The Morgan fingerprint density at radius 2 is 2.25 bits per heavy atom. The van der Waals surface area contributed by atoms with Crippen LogP contribution in [0.4, 0.5) is 11.8 Å². The number of ether oxygens (including phenoxy) is 2. The first-order valence-electron chi connectivity index (χ1n) is 8.39. The van der Waals surface area contributed by atoms with Gasteiger partial charge in [-0.3, -0.25) is 0 Å². The van der Waals surface area contributed by atoms with Gasteiger partial charge in [-0.05, 0) is 43.0 Å². The molecule has 0 radical (unpaired) electrons. The molecule has 1 aromatic heterocycles. The molecule has 2 N–H and O–H groups in total. The van der Waals surface area contributed by atoms with Gasteiger partial charge in [0.2, 0.25) is 5.95 Å². The van der Waals surface area contributed by atoms with Crippen LogP contribution in [0.25, 0.3) is 0 Å². The van der Waals surface area contributed by atoms with Crippen molar-refractivity contribution in [1.29, 1.82) is 0 Å². The highest BCUT2D eigenvalue weighted by Crippen LogP contribution is 2.14. The molecule has 0 amide bonds. The number of methoxy groups -OCH3 is 1. The third-order valence-corrected chi connectivity index (χ3v) is 4.02. The highest BCUT2D eigenvalue weighted by molar-refractivity contribution is 5.40. The van der Waals surface area contributed by atoms with Crippen molar-refractivity contribution >= 4 is 11.8 Å². The van der Waals surface area contributed by atoms with Crippen LogP contribution in [0.2, 0.25) is 0 Å². The van der Waals surface area contributed by atoms with Crippen molar-refractivity contribution in [3.05, 3.63) is 42.1 Å². The van der Waals surface area contributed by atoms with E-state index in [1.807, 2.05) is 18.2 Å². The molecule has 6 nitrogen and oxygen atoms in total. The second-order valence-corrected chi connectivity index (χ2v) is 5.81. The summed E-state index contributed by atoms with van der Waals surface area (Å²) in [6.45, 7) is 2.42. The molecule has 1 aliphatic rings. The molecule has 1 saturated heterocycles. The van der Waals surface area contributed by atoms with Crippen molar-refractivity contribution in [3.63, 3.8) is 0 Å². The molecule has 24 heavy (non-hydrogen) atoms. The van der Waals surface area contributed by atoms with Gasteiger partial charge in [-0.2, -0.15) is 4.98 Å². The van der Waals surface area contributed by atoms with Crippen LogP contribution in [-0.2, 0) is 11.2 Å². The zero-order chi connectivity index (χ0) is 16.6. The van der Waals surface area contributed by atoms with E-state index < -0.39 is 0 Å². The second-order valence-electron chi connectivity index (χ2n) is 5.81. The lowest BCUT2D eigenvalue weighted by Gasteiger charge is -2.11. The number of benzene rings is 1. The molecule has 0 spiro atoms. The number of anilines is 2. The minimum Gasteiger partial charge on any atom is -0.497 e. The number of nitrogens with zero attached hydrogens (tertiary/aromatic N) is 2. The Bertz CT molecular complexity index is 644. The summed E-state index contributed by atoms with van der Waals surface area (Å²) in [5.74, 6) is 2.34. The molecule has 6 heteroatoms. The van der Waals surface area contributed by atoms with Crippen LogP contribution in [0.5, 0.6) is 5.75 Å². The van der Waals surface area contributed by atoms with Gasteiger partial charge in [0.05, 0.1) is 13.2 Å². The van der Waals surface area contributed by atoms with E-state index in [-0.39, 0.29) is 6.10 Å². The van der Waals surface area contributed by atoms with Gasteiger partial charge in [0, 0.05) is 25.9 Å². The van der Waals surface area contributed by atoms with Crippen LogP contribution in [0.3, 0.4) is 0 Å². The minimum atomic E-state index is 0.276. The van der Waals surface area contributed by atoms with Crippen LogP contribution in [0.15, 0.2) is 36.5 Å². The molecule has 0 saturated carbocycles. The summed E-state index contributed by atoms with van der Waals surface area (Å²) in [4.78, 5) is 8.74. The predicted molar refractivity (Wildman–Crippen MR) is 94.7 cm³/mol. The summed E-state index contributed by atoms with van der Waals surface area (Å²) >= 11 is 0. The first-order chi connectivity index (χ1) is 11.8. The molecule has 1 atom stereocenters. The van der Waals surface area contributed by atoms with Crippen LogP contribution in [0.1, 0.15) is 18.4 Å². The standard InChI is InChI=1S/C18H24N4O2/c1-23-15-5-2-4-14(12-15)7-9-19-17-8-10-20-18(22-17)21-13-16-6-3-11-24-16/h2,4-5,8,10,12,16H,3,6-7,9,11,13H2,1H3,(H2,19,20,21,22). The Hall–Kier alpha value is -2.34. The Kier molecular flexibility index (Phi) is 5.85. The van der Waals surface area contributed by atoms with Gasteiger partial charge in [0.1, 0.15) is 11.6 Å². The third kappa shape index (κ3) is 4.83. The molecular weight excluding hydrogens is 304 g/mol. The van der Waals surface area contributed by atoms with E-state index in [0.717, 1.165) is 50.5 Å². The van der Waals surface area contributed by atoms with E-state index in [9.17, 15) is 0 Å². The van der Waals surface area contributed by atoms with Crippen molar-refractivity contribution < 1.29 is 9.47 Å². The predicted octanol–water partition coefficient (Wildman–Crippen LogP) is 2.73. The topological polar surface area (TPSA) is 68.3 Å². The van der Waals surface area contributed by atoms with Gasteiger partial charge in [0.25, 0.3) is 0 Å². The van der Waals surface area contributed by atoms with Crippen molar-refractivity contribution in [2.24, 2.45) is 0 Å². The molecule has 3 rings (SSSR count). The van der Waals surface area contributed by atoms with Gasteiger partial charge in [-0.25, -0.2) is 4.98 Å². The van der Waals surface area contributed by atoms with E-state index in [2.05, 4.69) is 32.7 Å². The fourth-order valence-electron chi connectivity index (χ4n) is 2.72. The van der Waals surface area contributed by atoms with Crippen LogP contribution < -0.4 is 15.4 Å². The molecule has 128 valence electrons. The fourth-order valence-corrected chi connectivity index (χ4v) is 2.72. The first-order valence-corrected chi connectivity index (χ1v) is 8.39. The van der Waals surface area contributed by atoms with Gasteiger partial charge >= 0.3 is 0 Å². The number of rotatable bonds is 8. The van der Waals surface area contributed by atoms with Gasteiger partial charge < -0.3 is 20.1 Å². The molecule has 2 heterocycles. The number of aromatic nitrogens is 2. The summed E-state index contributed by atoms with van der Waals surface area (Å²) in [7, 11) is 1.68. The van der Waals surface area contributed by atoms with Crippen LogP contribution in [0, 0.1) is 0 Å². The van der Waals surface area contributed by atoms with Gasteiger partial charge in [0.15, 0.2) is 0 Å². The zero-order valence-electron chi connectivity index (χ0n) is 14.0. The molecule has 1 aromatic carbocycles. The second kappa shape index (κ2) is 8.49. The Morgan fingerprint density at radius 1 is 1.29 bits per heavy atom. The first kappa shape index (κ1) is 16.5. The molecule has 1 unspecified atom stereocenters. The number of hydrogen-bond acceptors (Lipinski definition) is 6. The van der Waals surface area contributed by atoms with E-state index in [1.165, 1.54) is 5.56 Å². The van der Waals surface area contributed by atoms with E-state index in [4.69, 9.17) is 9.47 Å². The molecule has 1 aliphatic heterocycles. The maximum absolute atomic E-state index is 5.59. The number of nitrogens with one attached hydrogen (secondary N) is 2. The highest BCUT2D eigenvalue weighted by Gasteiger charge is 2.15. The zero-order valence-corrected chi connectivity index (χ0v) is 14.0. The third-order valence-electron chi connectivity index (χ3n) is 4.02. The number of hydrogen-bond donors (Lipinski definition) is 2. The van der Waals surface area contributed by atoms with Crippen molar-refractivity contribution in [2.75, 3.05) is 37.4 Å². The Balaban J connectivity index is 1.47. The normalized spacial score (nSPS) is 16.8. The summed E-state index contributed by atoms with van der Waals surface area (Å²) < 4.78 is 10.8. The van der Waals surface area contributed by atoms with Crippen LogP contribution in [-0.4, -0.2) is 42.9 Å². The lowest BCUT2D eigenvalue weighted by atomic mass is 10.1. The van der Waals surface area contributed by atoms with Crippen LogP contribution >= 0.6 is 0 Å². The van der Waals surface area contributed by atoms with E-state index in [1.54, 1.807) is 13.3 Å². The van der Waals surface area contributed by atoms with E-state index >= 15 is 0 Å². The van der Waals surface area contributed by atoms with Crippen molar-refractivity contribution in [3.8, 4) is 5.75 Å². The summed E-state index contributed by atoms with van der Waals surface area (Å²) in [6, 6.07) is 9.98. The molecule has 2 aromatic rings. The van der Waals surface area contributed by atoms with Crippen molar-refractivity contribution in [2.45, 2.75) is 25.4 Å². The lowest BCUT2D eigenvalue weighted by Crippen LogP contribution is -2.19. The highest BCUT2D eigenvalue weighted by atomic mass is 16.5. The fraction of sp³-hybridized carbons (Fsp3) is 0.444. The maximum Gasteiger partial charge on any atom is 0.224 e. The Morgan fingerprint density at radius 3 is 3.08 bits per heavy atom. The molecular formula is C18H24N4O2. The minimum absolute atomic E-state index is 0.276. The average molecular weight is 328 g/mol. The largest absolute Gasteiger partial charge is 0.497 e. The summed E-state index contributed by atoms with van der Waals surface area (Å²) in [6.07, 6.45) is 5.18. The summed E-state index contributed by atoms with van der Waals surface area (Å²) in [5.41, 5.74) is 1.23. The van der Waals surface area contributed by atoms with Gasteiger partial charge in [-0.15, -0.1) is 0 Å². The molecule has 0 bridgehead atoms. The molecule has 1 fully saturated rings. The smallest absolute Gasteiger partial charge is 0.224 e. The lowest BCUT2D eigenvalue weighted by molar-refractivity contribution is 0.120. The SMILES string of the molecule is COc1cccc(CCNc2ccnc(NCC3CCCO3)n2)c1. The molecule has 0 aliphatic carbocycles. The quantitative estimate of drug-likeness (QED) is 0.776. The summed E-state index contributed by atoms with van der Waals surface area (Å²) in [5, 5.41) is 6.58. The van der Waals surface area contributed by atoms with Crippen molar-refractivity contribution in [1.82, 2.24) is 9.97 Å². The van der Waals surface area contributed by atoms with Gasteiger partial charge in [-0.1, -0.05) is 12.1 Å².